The molecule has 2 unspecified atom stereocenters. The van der Waals surface area contributed by atoms with E-state index in [-0.39, 0.29) is 31.4 Å². The van der Waals surface area contributed by atoms with E-state index < -0.39 is 24.3 Å². The van der Waals surface area contributed by atoms with Crippen molar-refractivity contribution in [2.45, 2.75) is 69.0 Å². The molecule has 0 saturated carbocycles. The molecule has 3 aromatic carbocycles. The molecule has 2 N–H and O–H groups in total. The summed E-state index contributed by atoms with van der Waals surface area (Å²) in [5, 5.41) is 14.7. The second kappa shape index (κ2) is 16.9. The van der Waals surface area contributed by atoms with Crippen molar-refractivity contribution in [3.8, 4) is 17.2 Å². The normalized spacial score (nSPS) is 20.7. The minimum Gasteiger partial charge on any atom is -0.494 e. The summed E-state index contributed by atoms with van der Waals surface area (Å²) in [7, 11) is 0. The van der Waals surface area contributed by atoms with Gasteiger partial charge in [0.05, 0.1) is 37.9 Å². The lowest BCUT2D eigenvalue weighted by Crippen LogP contribution is -2.50. The topological polar surface area (TPSA) is 108 Å². The largest absolute Gasteiger partial charge is 0.494 e. The van der Waals surface area contributed by atoms with Crippen LogP contribution in [0.3, 0.4) is 0 Å². The number of alkyl carbamates (subject to hydrolysis) is 1. The number of hydrogen-bond donors (Lipinski definition) is 2. The van der Waals surface area contributed by atoms with Crippen molar-refractivity contribution < 1.29 is 42.7 Å². The summed E-state index contributed by atoms with van der Waals surface area (Å²) in [6, 6.07) is 19.4. The van der Waals surface area contributed by atoms with Crippen LogP contribution >= 0.6 is 11.9 Å². The van der Waals surface area contributed by atoms with Crippen LogP contribution in [0, 0.1) is 17.7 Å². The van der Waals surface area contributed by atoms with E-state index in [1.807, 2.05) is 42.5 Å². The Hall–Kier alpha value is -3.55. The number of benzene rings is 3. The van der Waals surface area contributed by atoms with Crippen LogP contribution in [-0.2, 0) is 27.1 Å². The van der Waals surface area contributed by atoms with Gasteiger partial charge in [-0.25, -0.2) is 13.5 Å². The number of aliphatic hydroxyl groups is 1. The molecule has 2 saturated heterocycles. The van der Waals surface area contributed by atoms with E-state index in [1.165, 1.54) is 24.1 Å². The highest BCUT2D eigenvalue weighted by atomic mass is 32.2. The molecule has 264 valence electrons. The van der Waals surface area contributed by atoms with Gasteiger partial charge in [-0.15, -0.1) is 0 Å². The number of fused-ring (bicyclic) bond motifs is 2. The maximum absolute atomic E-state index is 13.3. The van der Waals surface area contributed by atoms with Gasteiger partial charge in [0.25, 0.3) is 0 Å². The Morgan fingerprint density at radius 1 is 1.02 bits per heavy atom. The Bertz CT molecular complexity index is 1510. The number of nitrogens with one attached hydrogen (secondary N) is 1. The molecule has 12 heteroatoms. The molecule has 0 aromatic heterocycles. The number of ether oxygens (including phenoxy) is 6. The molecule has 3 aliphatic heterocycles. The minimum absolute atomic E-state index is 0.0111. The molecule has 1 amide bonds. The van der Waals surface area contributed by atoms with Crippen molar-refractivity contribution in [2.75, 3.05) is 39.7 Å². The predicted molar refractivity (Wildman–Crippen MR) is 182 cm³/mol. The van der Waals surface area contributed by atoms with Crippen LogP contribution in [0.25, 0.3) is 0 Å². The van der Waals surface area contributed by atoms with Crippen LogP contribution in [0.2, 0.25) is 0 Å². The Morgan fingerprint density at radius 3 is 2.59 bits per heavy atom. The van der Waals surface area contributed by atoms with Gasteiger partial charge in [-0.3, -0.25) is 0 Å². The van der Waals surface area contributed by atoms with E-state index >= 15 is 0 Å². The first-order valence-corrected chi connectivity index (χ1v) is 17.7. The summed E-state index contributed by atoms with van der Waals surface area (Å²) >= 11 is 1.53. The van der Waals surface area contributed by atoms with Crippen LogP contribution in [0.4, 0.5) is 9.18 Å². The smallest absolute Gasteiger partial charge is 0.407 e. The molecule has 3 aliphatic rings. The molecule has 3 aromatic rings. The van der Waals surface area contributed by atoms with Gasteiger partial charge in [-0.2, -0.15) is 0 Å². The van der Waals surface area contributed by atoms with E-state index in [1.54, 1.807) is 12.1 Å². The average Bonchev–Trinajstić information content (AvgIpc) is 3.83. The van der Waals surface area contributed by atoms with E-state index in [0.29, 0.717) is 50.1 Å². The van der Waals surface area contributed by atoms with Gasteiger partial charge < -0.3 is 38.8 Å². The number of carbonyl (C=O) groups is 1. The number of amides is 1. The number of hydrogen-bond acceptors (Lipinski definition) is 10. The zero-order chi connectivity index (χ0) is 34.2. The summed E-state index contributed by atoms with van der Waals surface area (Å²) in [6.45, 7) is 6.86. The van der Waals surface area contributed by atoms with Crippen molar-refractivity contribution in [1.82, 2.24) is 9.62 Å². The molecule has 0 bridgehead atoms. The lowest BCUT2D eigenvalue weighted by atomic mass is 10.0. The third kappa shape index (κ3) is 10.0. The quantitative estimate of drug-likeness (QED) is 0.137. The van der Waals surface area contributed by atoms with Gasteiger partial charge in [-0.05, 0) is 97.1 Å². The Labute approximate surface area is 291 Å². The Kier molecular flexibility index (Phi) is 12.2. The Morgan fingerprint density at radius 2 is 1.80 bits per heavy atom. The summed E-state index contributed by atoms with van der Waals surface area (Å²) in [6.07, 6.45) is 0.497. The van der Waals surface area contributed by atoms with Gasteiger partial charge in [0, 0.05) is 18.0 Å². The van der Waals surface area contributed by atoms with Crippen molar-refractivity contribution in [1.29, 1.82) is 0 Å². The summed E-state index contributed by atoms with van der Waals surface area (Å²) in [5.74, 6) is 2.24. The third-order valence-corrected chi connectivity index (χ3v) is 9.74. The van der Waals surface area contributed by atoms with E-state index in [9.17, 15) is 14.3 Å². The van der Waals surface area contributed by atoms with Crippen LogP contribution in [0.5, 0.6) is 17.2 Å². The molecule has 0 radical (unpaired) electrons. The molecule has 49 heavy (non-hydrogen) atoms. The molecule has 3 heterocycles. The van der Waals surface area contributed by atoms with Crippen molar-refractivity contribution in [3.05, 3.63) is 83.7 Å². The first-order chi connectivity index (χ1) is 23.8. The molecule has 0 aliphatic carbocycles. The summed E-state index contributed by atoms with van der Waals surface area (Å²) < 4.78 is 49.3. The minimum atomic E-state index is -0.919. The van der Waals surface area contributed by atoms with Crippen molar-refractivity contribution in [2.24, 2.45) is 11.8 Å². The molecule has 10 nitrogen and oxygen atoms in total. The fourth-order valence-corrected chi connectivity index (χ4v) is 7.41. The summed E-state index contributed by atoms with van der Waals surface area (Å²) in [4.78, 5) is 14.2. The van der Waals surface area contributed by atoms with Gasteiger partial charge in [0.1, 0.15) is 17.7 Å². The number of aliphatic hydroxyl groups excluding tert-OH is 1. The second-order valence-electron chi connectivity index (χ2n) is 13.1. The predicted octanol–water partition coefficient (Wildman–Crippen LogP) is 5.99. The van der Waals surface area contributed by atoms with E-state index in [2.05, 4.69) is 23.5 Å². The number of halogens is 1. The Balaban J connectivity index is 1.09. The van der Waals surface area contributed by atoms with Crippen LogP contribution in [0.15, 0.2) is 71.6 Å². The maximum atomic E-state index is 13.3. The fraction of sp³-hybridized carbons (Fsp3) is 0.486. The first kappa shape index (κ1) is 35.3. The lowest BCUT2D eigenvalue weighted by Gasteiger charge is -2.30. The molecule has 2 fully saturated rings. The van der Waals surface area contributed by atoms with Crippen molar-refractivity contribution in [3.63, 3.8) is 0 Å². The second-order valence-corrected chi connectivity index (χ2v) is 14.2. The number of rotatable bonds is 16. The monoisotopic (exact) mass is 696 g/mol. The number of nitrogens with zero attached hydrogens (tertiary/aromatic N) is 1. The summed E-state index contributed by atoms with van der Waals surface area (Å²) in [5.41, 5.74) is 1.99. The SMILES string of the molecule is CC(C)CN(C[C@@H](O)[C@H](Cc1ccc(OCCCc2ccc(F)cc2)cc1)NC(=O)O[C@H]1COC2OCCC21)Sc1ccc2c(c1)OCO2. The lowest BCUT2D eigenvalue weighted by molar-refractivity contribution is -0.0907. The zero-order valence-corrected chi connectivity index (χ0v) is 28.7. The molecule has 6 rings (SSSR count). The number of aryl methyl sites for hydroxylation is 1. The fourth-order valence-electron chi connectivity index (χ4n) is 6.22. The highest BCUT2D eigenvalue weighted by molar-refractivity contribution is 7.97. The molecule has 0 spiro atoms. The first-order valence-electron chi connectivity index (χ1n) is 17.0. The van der Waals surface area contributed by atoms with Crippen molar-refractivity contribution >= 4 is 18.0 Å². The molecular formula is C37H45FN2O8S. The third-order valence-electron chi connectivity index (χ3n) is 8.72. The van der Waals surface area contributed by atoms with E-state index in [4.69, 9.17) is 28.4 Å². The van der Waals surface area contributed by atoms with Gasteiger partial charge >= 0.3 is 6.09 Å². The highest BCUT2D eigenvalue weighted by Crippen LogP contribution is 2.37. The maximum Gasteiger partial charge on any atom is 0.407 e. The number of carbonyl (C=O) groups excluding carboxylic acids is 1. The molecular weight excluding hydrogens is 651 g/mol. The van der Waals surface area contributed by atoms with Crippen LogP contribution in [-0.4, -0.2) is 79.7 Å². The zero-order valence-electron chi connectivity index (χ0n) is 27.9. The van der Waals surface area contributed by atoms with Gasteiger partial charge in [0.2, 0.25) is 6.79 Å². The highest BCUT2D eigenvalue weighted by Gasteiger charge is 2.44. The van der Waals surface area contributed by atoms with Gasteiger partial charge in [0.15, 0.2) is 17.8 Å². The van der Waals surface area contributed by atoms with Crippen LogP contribution < -0.4 is 19.5 Å². The van der Waals surface area contributed by atoms with Gasteiger partial charge in [-0.1, -0.05) is 38.1 Å². The molecule has 5 atom stereocenters. The van der Waals surface area contributed by atoms with Crippen LogP contribution in [0.1, 0.15) is 37.8 Å². The average molecular weight is 697 g/mol. The standard InChI is InChI=1S/C37H45FN2O8S/c1-24(2)20-40(49-29-13-14-33-34(19-29)47-23-46-33)21-32(41)31(39-37(42)48-35-22-45-36-30(35)15-17-44-36)18-26-7-11-28(12-8-26)43-16-3-4-25-5-9-27(38)10-6-25/h5-14,19,24,30-32,35-36,41H,3-4,15-18,20-23H2,1-2H3,(H,39,42)/t30?,31-,32+,35-,36?/m0/s1. The van der Waals surface area contributed by atoms with E-state index in [0.717, 1.165) is 41.0 Å².